The molecule has 0 saturated carbocycles. The second-order valence-corrected chi connectivity index (χ2v) is 6.48. The number of nitriles is 1. The molecule has 0 atom stereocenters. The molecular weight excluding hydrogens is 378 g/mol. The average Bonchev–Trinajstić information content (AvgIpc) is 3.23. The lowest BCUT2D eigenvalue weighted by atomic mass is 10.0. The smallest absolute Gasteiger partial charge is 0.379 e. The molecule has 0 amide bonds. The van der Waals surface area contributed by atoms with Crippen LogP contribution < -0.4 is 9.47 Å². The number of nitrogens with zero attached hydrogens (tertiary/aromatic N) is 1. The summed E-state index contributed by atoms with van der Waals surface area (Å²) in [5.74, 6) is 0.129. The van der Waals surface area contributed by atoms with Gasteiger partial charge in [-0.1, -0.05) is 54.6 Å². The molecule has 0 unspecified atom stereocenters. The molecule has 146 valence electrons. The van der Waals surface area contributed by atoms with Crippen molar-refractivity contribution in [1.82, 2.24) is 0 Å². The van der Waals surface area contributed by atoms with Gasteiger partial charge in [-0.2, -0.15) is 5.26 Å². The maximum absolute atomic E-state index is 12.5. The molecule has 0 N–H and O–H groups in total. The van der Waals surface area contributed by atoms with Gasteiger partial charge >= 0.3 is 5.97 Å². The highest BCUT2D eigenvalue weighted by molar-refractivity contribution is 5.94. The summed E-state index contributed by atoms with van der Waals surface area (Å²) in [4.78, 5) is 12.5. The van der Waals surface area contributed by atoms with E-state index in [4.69, 9.17) is 13.9 Å². The van der Waals surface area contributed by atoms with Crippen LogP contribution in [0.25, 0.3) is 22.6 Å². The first kappa shape index (κ1) is 19.0. The Hall–Kier alpha value is -4.30. The highest BCUT2D eigenvalue weighted by Crippen LogP contribution is 2.31. The number of methoxy groups -OCH3 is 1. The zero-order valence-electron chi connectivity index (χ0n) is 16.2. The van der Waals surface area contributed by atoms with Gasteiger partial charge in [0.2, 0.25) is 5.76 Å². The van der Waals surface area contributed by atoms with Crippen molar-refractivity contribution in [2.75, 3.05) is 7.11 Å². The molecule has 4 aromatic rings. The summed E-state index contributed by atoms with van der Waals surface area (Å²) in [6.45, 7) is 0. The zero-order chi connectivity index (χ0) is 20.9. The molecule has 5 nitrogen and oxygen atoms in total. The van der Waals surface area contributed by atoms with Crippen LogP contribution >= 0.6 is 0 Å². The van der Waals surface area contributed by atoms with Gasteiger partial charge in [-0.05, 0) is 41.5 Å². The largest absolute Gasteiger partial charge is 0.493 e. The van der Waals surface area contributed by atoms with Gasteiger partial charge in [-0.3, -0.25) is 0 Å². The van der Waals surface area contributed by atoms with Crippen LogP contribution in [0.3, 0.4) is 0 Å². The van der Waals surface area contributed by atoms with Crippen molar-refractivity contribution in [2.45, 2.75) is 0 Å². The minimum absolute atomic E-state index is 0.109. The molecule has 0 aliphatic carbocycles. The molecule has 0 saturated heterocycles. The highest BCUT2D eigenvalue weighted by atomic mass is 16.6. The highest BCUT2D eigenvalue weighted by Gasteiger charge is 2.17. The second kappa shape index (κ2) is 8.38. The molecule has 0 radical (unpaired) electrons. The third-order valence-corrected chi connectivity index (χ3v) is 4.53. The normalized spacial score (nSPS) is 11.1. The summed E-state index contributed by atoms with van der Waals surface area (Å²) in [5, 5.41) is 10.3. The lowest BCUT2D eigenvalue weighted by molar-refractivity contribution is 0.0699. The fourth-order valence-electron chi connectivity index (χ4n) is 3.06. The SMILES string of the molecule is COc1cc(C=C(C#N)c2ccccc2)ccc1OC(=O)c1cc2ccccc2o1. The molecule has 0 aliphatic heterocycles. The van der Waals surface area contributed by atoms with E-state index in [1.807, 2.05) is 48.5 Å². The number of allylic oxidation sites excluding steroid dienone is 1. The maximum atomic E-state index is 12.5. The summed E-state index contributed by atoms with van der Waals surface area (Å²) < 4.78 is 16.4. The number of furan rings is 1. The van der Waals surface area contributed by atoms with Crippen molar-refractivity contribution in [3.05, 3.63) is 95.7 Å². The Kier molecular flexibility index (Phi) is 5.31. The predicted octanol–water partition coefficient (Wildman–Crippen LogP) is 5.72. The molecule has 4 rings (SSSR count). The Labute approximate surface area is 173 Å². The quantitative estimate of drug-likeness (QED) is 0.187. The van der Waals surface area contributed by atoms with Crippen molar-refractivity contribution in [3.63, 3.8) is 0 Å². The Morgan fingerprint density at radius 2 is 1.73 bits per heavy atom. The number of benzene rings is 3. The first-order valence-electron chi connectivity index (χ1n) is 9.24. The van der Waals surface area contributed by atoms with E-state index in [-0.39, 0.29) is 11.5 Å². The Bertz CT molecular complexity index is 1250. The van der Waals surface area contributed by atoms with E-state index < -0.39 is 5.97 Å². The van der Waals surface area contributed by atoms with Crippen LogP contribution in [-0.4, -0.2) is 13.1 Å². The minimum Gasteiger partial charge on any atom is -0.493 e. The molecule has 0 spiro atoms. The van der Waals surface area contributed by atoms with Crippen LogP contribution in [0.15, 0.2) is 83.3 Å². The molecule has 1 heterocycles. The van der Waals surface area contributed by atoms with Crippen LogP contribution in [0, 0.1) is 11.3 Å². The number of hydrogen-bond acceptors (Lipinski definition) is 5. The van der Waals surface area contributed by atoms with Gasteiger partial charge in [0.15, 0.2) is 11.5 Å². The molecule has 5 heteroatoms. The third kappa shape index (κ3) is 3.94. The van der Waals surface area contributed by atoms with E-state index in [2.05, 4.69) is 6.07 Å². The third-order valence-electron chi connectivity index (χ3n) is 4.53. The van der Waals surface area contributed by atoms with Crippen LogP contribution in [-0.2, 0) is 0 Å². The number of esters is 1. The van der Waals surface area contributed by atoms with Gasteiger partial charge in [0.25, 0.3) is 0 Å². The van der Waals surface area contributed by atoms with Crippen molar-refractivity contribution >= 4 is 28.6 Å². The second-order valence-electron chi connectivity index (χ2n) is 6.48. The lowest BCUT2D eigenvalue weighted by Crippen LogP contribution is -2.08. The number of carbonyl (C=O) groups excluding carboxylic acids is 1. The van der Waals surface area contributed by atoms with Gasteiger partial charge in [0.1, 0.15) is 5.58 Å². The Morgan fingerprint density at radius 3 is 2.47 bits per heavy atom. The topological polar surface area (TPSA) is 72.5 Å². The summed E-state index contributed by atoms with van der Waals surface area (Å²) in [6.07, 6.45) is 1.75. The van der Waals surface area contributed by atoms with Gasteiger partial charge in [-0.15, -0.1) is 0 Å². The fourth-order valence-corrected chi connectivity index (χ4v) is 3.06. The lowest BCUT2D eigenvalue weighted by Gasteiger charge is -2.09. The molecular formula is C25H17NO4. The number of hydrogen-bond donors (Lipinski definition) is 0. The van der Waals surface area contributed by atoms with E-state index in [9.17, 15) is 10.1 Å². The van der Waals surface area contributed by atoms with Crippen molar-refractivity contribution in [2.24, 2.45) is 0 Å². The Balaban J connectivity index is 1.60. The van der Waals surface area contributed by atoms with Gasteiger partial charge in [0.05, 0.1) is 18.8 Å². The van der Waals surface area contributed by atoms with Crippen LogP contribution in [0.1, 0.15) is 21.7 Å². The minimum atomic E-state index is -0.616. The summed E-state index contributed by atoms with van der Waals surface area (Å²) >= 11 is 0. The number of carbonyl (C=O) groups is 1. The predicted molar refractivity (Wildman–Crippen MR) is 114 cm³/mol. The van der Waals surface area contributed by atoms with Crippen molar-refractivity contribution < 1.29 is 18.7 Å². The number of para-hydroxylation sites is 1. The fraction of sp³-hybridized carbons (Fsp3) is 0.0400. The molecule has 3 aromatic carbocycles. The standard InChI is InChI=1S/C25H17NO4/c1-28-23-14-17(13-20(16-26)18-7-3-2-4-8-18)11-12-22(23)30-25(27)24-15-19-9-5-6-10-21(19)29-24/h2-15H,1H3. The summed E-state index contributed by atoms with van der Waals surface area (Å²) in [5.41, 5.74) is 2.70. The molecule has 1 aromatic heterocycles. The van der Waals surface area contributed by atoms with E-state index in [0.717, 1.165) is 16.5 Å². The number of rotatable bonds is 5. The number of ether oxygens (including phenoxy) is 2. The summed E-state index contributed by atoms with van der Waals surface area (Å²) in [7, 11) is 1.49. The molecule has 0 aliphatic rings. The van der Waals surface area contributed by atoms with E-state index in [1.165, 1.54) is 7.11 Å². The monoisotopic (exact) mass is 395 g/mol. The first-order chi connectivity index (χ1) is 14.7. The maximum Gasteiger partial charge on any atom is 0.379 e. The first-order valence-corrected chi connectivity index (χ1v) is 9.24. The zero-order valence-corrected chi connectivity index (χ0v) is 16.2. The van der Waals surface area contributed by atoms with Crippen LogP contribution in [0.2, 0.25) is 0 Å². The van der Waals surface area contributed by atoms with Gasteiger partial charge < -0.3 is 13.9 Å². The summed E-state index contributed by atoms with van der Waals surface area (Å²) in [6, 6.07) is 25.7. The number of fused-ring (bicyclic) bond motifs is 1. The average molecular weight is 395 g/mol. The molecule has 0 bridgehead atoms. The van der Waals surface area contributed by atoms with Gasteiger partial charge in [-0.25, -0.2) is 4.79 Å². The van der Waals surface area contributed by atoms with E-state index in [1.54, 1.807) is 36.4 Å². The Morgan fingerprint density at radius 1 is 0.967 bits per heavy atom. The van der Waals surface area contributed by atoms with Crippen LogP contribution in [0.5, 0.6) is 11.5 Å². The molecule has 0 fully saturated rings. The molecule has 30 heavy (non-hydrogen) atoms. The van der Waals surface area contributed by atoms with Gasteiger partial charge in [0, 0.05) is 5.39 Å². The van der Waals surface area contributed by atoms with Crippen molar-refractivity contribution in [3.8, 4) is 17.6 Å². The van der Waals surface area contributed by atoms with Crippen molar-refractivity contribution in [1.29, 1.82) is 5.26 Å². The van der Waals surface area contributed by atoms with E-state index in [0.29, 0.717) is 16.9 Å². The van der Waals surface area contributed by atoms with Crippen LogP contribution in [0.4, 0.5) is 0 Å². The van der Waals surface area contributed by atoms with E-state index >= 15 is 0 Å².